The average Bonchev–Trinajstić information content (AvgIpc) is 2.31. The summed E-state index contributed by atoms with van der Waals surface area (Å²) < 4.78 is 5.32. The molecule has 0 aromatic rings. The molecule has 0 amide bonds. The van der Waals surface area contributed by atoms with Gasteiger partial charge in [0, 0.05) is 12.3 Å². The van der Waals surface area contributed by atoms with Crippen molar-refractivity contribution in [3.05, 3.63) is 0 Å². The molecule has 5 N–H and O–H groups in total. The van der Waals surface area contributed by atoms with Gasteiger partial charge in [-0.3, -0.25) is 0 Å². The van der Waals surface area contributed by atoms with Crippen molar-refractivity contribution in [2.45, 2.75) is 50.3 Å². The molecule has 1 aliphatic heterocycles. The first-order valence-corrected chi connectivity index (χ1v) is 5.79. The van der Waals surface area contributed by atoms with E-state index >= 15 is 0 Å². The molecule has 7 nitrogen and oxygen atoms in total. The Morgan fingerprint density at radius 3 is 2.50 bits per heavy atom. The number of ether oxygens (including phenoxy) is 1. The van der Waals surface area contributed by atoms with Crippen LogP contribution < -0.4 is 0 Å². The third kappa shape index (κ3) is 2.81. The fourth-order valence-corrected chi connectivity index (χ4v) is 2.11. The Bertz CT molecular complexity index is 308. The van der Waals surface area contributed by atoms with Gasteiger partial charge in [0.2, 0.25) is 0 Å². The number of carbonyl (C=O) groups is 1. The largest absolute Gasteiger partial charge is 0.479 e. The second-order valence-electron chi connectivity index (χ2n) is 4.99. The Morgan fingerprint density at radius 1 is 1.50 bits per heavy atom. The van der Waals surface area contributed by atoms with E-state index in [-0.39, 0.29) is 6.42 Å². The van der Waals surface area contributed by atoms with Crippen LogP contribution in [0.2, 0.25) is 0 Å². The van der Waals surface area contributed by atoms with Crippen molar-refractivity contribution in [2.24, 2.45) is 5.92 Å². The molecule has 1 rings (SSSR count). The minimum atomic E-state index is -1.62. The maximum atomic E-state index is 11.1. The van der Waals surface area contributed by atoms with Crippen LogP contribution in [0.15, 0.2) is 0 Å². The summed E-state index contributed by atoms with van der Waals surface area (Å²) in [6.07, 6.45) is -5.02. The number of carboxylic acid groups (broad SMARTS) is 1. The van der Waals surface area contributed by atoms with Crippen LogP contribution in [0.5, 0.6) is 0 Å². The van der Waals surface area contributed by atoms with Crippen LogP contribution in [-0.4, -0.2) is 68.1 Å². The van der Waals surface area contributed by atoms with Crippen molar-refractivity contribution in [3.8, 4) is 0 Å². The van der Waals surface area contributed by atoms with E-state index in [9.17, 15) is 20.1 Å². The quantitative estimate of drug-likeness (QED) is 0.411. The summed E-state index contributed by atoms with van der Waals surface area (Å²) in [6, 6.07) is 0. The molecule has 0 aliphatic carbocycles. The first-order valence-electron chi connectivity index (χ1n) is 5.79. The molecule has 106 valence electrons. The van der Waals surface area contributed by atoms with Gasteiger partial charge in [-0.05, 0) is 6.92 Å². The molecular formula is C11H20O7. The van der Waals surface area contributed by atoms with Crippen LogP contribution in [0.1, 0.15) is 20.3 Å². The van der Waals surface area contributed by atoms with E-state index < -0.39 is 48.5 Å². The summed E-state index contributed by atoms with van der Waals surface area (Å²) in [7, 11) is 0. The van der Waals surface area contributed by atoms with Crippen LogP contribution in [-0.2, 0) is 9.53 Å². The van der Waals surface area contributed by atoms with Gasteiger partial charge in [-0.2, -0.15) is 0 Å². The first kappa shape index (κ1) is 15.3. The number of hydrogen-bond acceptors (Lipinski definition) is 6. The Kier molecular flexibility index (Phi) is 4.68. The van der Waals surface area contributed by atoms with E-state index in [0.29, 0.717) is 0 Å². The van der Waals surface area contributed by atoms with Crippen molar-refractivity contribution in [2.75, 3.05) is 6.61 Å². The number of carboxylic acids is 1. The molecule has 1 fully saturated rings. The maximum Gasteiger partial charge on any atom is 0.335 e. The minimum Gasteiger partial charge on any atom is -0.479 e. The van der Waals surface area contributed by atoms with E-state index in [1.54, 1.807) is 6.92 Å². The molecule has 0 bridgehead atoms. The number of aliphatic carboxylic acids is 1. The van der Waals surface area contributed by atoms with Crippen molar-refractivity contribution in [1.29, 1.82) is 0 Å². The standard InChI is InChI=1S/C11H20O7/c1-5-6(13)3-11(2,10(16)17)18-9(5)8(15)7(14)4-12/h5-9,12-15H,3-4H2,1-2H3,(H,16,17)/t5?,6-,7-,8-,9?,11-/m1/s1. The summed E-state index contributed by atoms with van der Waals surface area (Å²) in [5.74, 6) is -1.79. The SMILES string of the molecule is CC1C([C@H](O)[C@H](O)CO)O[C@@](C)(C(=O)O)C[C@H]1O. The molecule has 0 aromatic carbocycles. The predicted octanol–water partition coefficient (Wildman–Crippen LogP) is -1.67. The molecule has 1 saturated heterocycles. The molecule has 18 heavy (non-hydrogen) atoms. The van der Waals surface area contributed by atoms with Gasteiger partial charge >= 0.3 is 5.97 Å². The van der Waals surface area contributed by atoms with Crippen molar-refractivity contribution in [3.63, 3.8) is 0 Å². The molecule has 1 heterocycles. The third-order valence-electron chi connectivity index (χ3n) is 3.49. The van der Waals surface area contributed by atoms with Gasteiger partial charge in [0.05, 0.1) is 18.8 Å². The van der Waals surface area contributed by atoms with Gasteiger partial charge in [0.1, 0.15) is 12.2 Å². The van der Waals surface area contributed by atoms with Crippen LogP contribution in [0.25, 0.3) is 0 Å². The molecule has 2 unspecified atom stereocenters. The van der Waals surface area contributed by atoms with E-state index in [2.05, 4.69) is 0 Å². The highest BCUT2D eigenvalue weighted by Gasteiger charge is 2.49. The summed E-state index contributed by atoms with van der Waals surface area (Å²) in [5, 5.41) is 46.9. The fraction of sp³-hybridized carbons (Fsp3) is 0.909. The van der Waals surface area contributed by atoms with Gasteiger partial charge in [-0.25, -0.2) is 4.79 Å². The lowest BCUT2D eigenvalue weighted by molar-refractivity contribution is -0.232. The molecule has 0 radical (unpaired) electrons. The van der Waals surface area contributed by atoms with Crippen LogP contribution >= 0.6 is 0 Å². The zero-order chi connectivity index (χ0) is 14.1. The van der Waals surface area contributed by atoms with Crippen molar-refractivity contribution in [1.82, 2.24) is 0 Å². The summed E-state index contributed by atoms with van der Waals surface area (Å²) in [4.78, 5) is 11.1. The molecule has 0 saturated carbocycles. The highest BCUT2D eigenvalue weighted by atomic mass is 16.6. The second kappa shape index (κ2) is 5.50. The summed E-state index contributed by atoms with van der Waals surface area (Å²) in [5.41, 5.74) is -1.62. The molecule has 6 atom stereocenters. The maximum absolute atomic E-state index is 11.1. The van der Waals surface area contributed by atoms with E-state index in [0.717, 1.165) is 0 Å². The zero-order valence-corrected chi connectivity index (χ0v) is 10.4. The fourth-order valence-electron chi connectivity index (χ4n) is 2.11. The Hall–Kier alpha value is -0.730. The lowest BCUT2D eigenvalue weighted by atomic mass is 9.81. The summed E-state index contributed by atoms with van der Waals surface area (Å²) in [6.45, 7) is 2.22. The molecular weight excluding hydrogens is 244 g/mol. The van der Waals surface area contributed by atoms with Gasteiger partial charge in [0.25, 0.3) is 0 Å². The van der Waals surface area contributed by atoms with E-state index in [4.69, 9.17) is 14.9 Å². The number of rotatable bonds is 4. The topological polar surface area (TPSA) is 127 Å². The lowest BCUT2D eigenvalue weighted by Crippen LogP contribution is -2.59. The summed E-state index contributed by atoms with van der Waals surface area (Å²) >= 11 is 0. The average molecular weight is 264 g/mol. The molecule has 0 spiro atoms. The third-order valence-corrected chi connectivity index (χ3v) is 3.49. The van der Waals surface area contributed by atoms with Crippen molar-refractivity contribution < 1.29 is 35.1 Å². The van der Waals surface area contributed by atoms with E-state index in [1.165, 1.54) is 6.92 Å². The van der Waals surface area contributed by atoms with Gasteiger partial charge < -0.3 is 30.3 Å². The molecule has 0 aromatic heterocycles. The highest BCUT2D eigenvalue weighted by molar-refractivity contribution is 5.77. The predicted molar refractivity (Wildman–Crippen MR) is 59.8 cm³/mol. The van der Waals surface area contributed by atoms with Gasteiger partial charge in [-0.1, -0.05) is 6.92 Å². The van der Waals surface area contributed by atoms with Crippen LogP contribution in [0.3, 0.4) is 0 Å². The Morgan fingerprint density at radius 2 is 2.06 bits per heavy atom. The normalized spacial score (nSPS) is 40.2. The van der Waals surface area contributed by atoms with Gasteiger partial charge in [0.15, 0.2) is 5.60 Å². The Balaban J connectivity index is 2.92. The second-order valence-corrected chi connectivity index (χ2v) is 4.99. The minimum absolute atomic E-state index is 0.0953. The number of aliphatic hydroxyl groups excluding tert-OH is 4. The first-order chi connectivity index (χ1) is 8.23. The van der Waals surface area contributed by atoms with Crippen LogP contribution in [0.4, 0.5) is 0 Å². The molecule has 7 heteroatoms. The van der Waals surface area contributed by atoms with Crippen molar-refractivity contribution >= 4 is 5.97 Å². The zero-order valence-electron chi connectivity index (χ0n) is 10.4. The highest BCUT2D eigenvalue weighted by Crippen LogP contribution is 2.35. The lowest BCUT2D eigenvalue weighted by Gasteiger charge is -2.44. The van der Waals surface area contributed by atoms with E-state index in [1.807, 2.05) is 0 Å². The Labute approximate surface area is 105 Å². The smallest absolute Gasteiger partial charge is 0.335 e. The number of aliphatic hydroxyl groups is 4. The number of hydrogen-bond donors (Lipinski definition) is 5. The van der Waals surface area contributed by atoms with Crippen LogP contribution in [0, 0.1) is 5.92 Å². The monoisotopic (exact) mass is 264 g/mol. The van der Waals surface area contributed by atoms with Gasteiger partial charge in [-0.15, -0.1) is 0 Å². The molecule has 1 aliphatic rings.